The highest BCUT2D eigenvalue weighted by Crippen LogP contribution is 2.24. The maximum Gasteiger partial charge on any atom is 0.241 e. The Hall–Kier alpha value is -1.34. The molecule has 1 heterocycles. The van der Waals surface area contributed by atoms with Gasteiger partial charge in [-0.1, -0.05) is 17.7 Å². The first-order valence-electron chi connectivity index (χ1n) is 5.87. The van der Waals surface area contributed by atoms with E-state index < -0.39 is 22.7 Å². The zero-order chi connectivity index (χ0) is 14.8. The Morgan fingerprint density at radius 1 is 1.35 bits per heavy atom. The van der Waals surface area contributed by atoms with E-state index in [9.17, 15) is 13.5 Å². The molecule has 0 saturated carbocycles. The fourth-order valence-electron chi connectivity index (χ4n) is 1.80. The van der Waals surface area contributed by atoms with Gasteiger partial charge in [0.05, 0.1) is 17.8 Å². The standard InChI is InChI=1S/C13H14ClNO4S/c1-9-10(14)4-2-6-13(9)20(17,18)15-11(8-16)12-5-3-7-19-12/h2-7,11,15-16H,8H2,1H3. The lowest BCUT2D eigenvalue weighted by Crippen LogP contribution is -2.31. The predicted molar refractivity (Wildman–Crippen MR) is 75.0 cm³/mol. The van der Waals surface area contributed by atoms with Crippen LogP contribution < -0.4 is 4.72 Å². The van der Waals surface area contributed by atoms with Crippen LogP contribution in [0.2, 0.25) is 5.02 Å². The van der Waals surface area contributed by atoms with E-state index in [2.05, 4.69) is 4.72 Å². The van der Waals surface area contributed by atoms with Crippen LogP contribution in [0.5, 0.6) is 0 Å². The molecule has 0 fully saturated rings. The van der Waals surface area contributed by atoms with Crippen LogP contribution in [0.15, 0.2) is 45.9 Å². The Bertz CT molecular complexity index is 682. The summed E-state index contributed by atoms with van der Waals surface area (Å²) < 4.78 is 32.2. The fraction of sp³-hybridized carbons (Fsp3) is 0.231. The van der Waals surface area contributed by atoms with Crippen molar-refractivity contribution in [1.29, 1.82) is 0 Å². The summed E-state index contributed by atoms with van der Waals surface area (Å²) in [6, 6.07) is 7.01. The van der Waals surface area contributed by atoms with Gasteiger partial charge >= 0.3 is 0 Å². The molecule has 5 nitrogen and oxygen atoms in total. The SMILES string of the molecule is Cc1c(Cl)cccc1S(=O)(=O)NC(CO)c1ccco1. The Kier molecular flexibility index (Phi) is 4.49. The van der Waals surface area contributed by atoms with E-state index in [1.807, 2.05) is 0 Å². The molecule has 0 radical (unpaired) electrons. The molecule has 1 aromatic heterocycles. The van der Waals surface area contributed by atoms with Crippen LogP contribution in [0.1, 0.15) is 17.4 Å². The number of halogens is 1. The number of aliphatic hydroxyl groups excluding tert-OH is 1. The summed E-state index contributed by atoms with van der Waals surface area (Å²) in [6.07, 6.45) is 1.41. The smallest absolute Gasteiger partial charge is 0.241 e. The molecule has 1 atom stereocenters. The van der Waals surface area contributed by atoms with Crippen LogP contribution in [0.4, 0.5) is 0 Å². The van der Waals surface area contributed by atoms with Crippen molar-refractivity contribution >= 4 is 21.6 Å². The number of furan rings is 1. The van der Waals surface area contributed by atoms with Gasteiger partial charge in [0.25, 0.3) is 0 Å². The van der Waals surface area contributed by atoms with Gasteiger partial charge in [0.1, 0.15) is 11.8 Å². The van der Waals surface area contributed by atoms with E-state index in [-0.39, 0.29) is 4.90 Å². The summed E-state index contributed by atoms with van der Waals surface area (Å²) in [6.45, 7) is 1.21. The van der Waals surface area contributed by atoms with Gasteiger partial charge < -0.3 is 9.52 Å². The van der Waals surface area contributed by atoms with Gasteiger partial charge in [-0.3, -0.25) is 0 Å². The third kappa shape index (κ3) is 3.04. The van der Waals surface area contributed by atoms with Gasteiger partial charge in [-0.2, -0.15) is 4.72 Å². The fourth-order valence-corrected chi connectivity index (χ4v) is 3.50. The van der Waals surface area contributed by atoms with E-state index in [0.717, 1.165) is 0 Å². The first-order valence-corrected chi connectivity index (χ1v) is 7.73. The lowest BCUT2D eigenvalue weighted by molar-refractivity contribution is 0.242. The molecule has 7 heteroatoms. The molecular formula is C13H14ClNO4S. The number of sulfonamides is 1. The largest absolute Gasteiger partial charge is 0.468 e. The zero-order valence-corrected chi connectivity index (χ0v) is 12.3. The van der Waals surface area contributed by atoms with Gasteiger partial charge in [0.2, 0.25) is 10.0 Å². The van der Waals surface area contributed by atoms with Crippen LogP contribution in [0.25, 0.3) is 0 Å². The van der Waals surface area contributed by atoms with Crippen LogP contribution in [-0.2, 0) is 10.0 Å². The van der Waals surface area contributed by atoms with E-state index in [0.29, 0.717) is 16.3 Å². The summed E-state index contributed by atoms with van der Waals surface area (Å²) in [5.41, 5.74) is 0.456. The molecule has 2 aromatic rings. The molecule has 108 valence electrons. The lowest BCUT2D eigenvalue weighted by atomic mass is 10.2. The molecule has 0 bridgehead atoms. The zero-order valence-electron chi connectivity index (χ0n) is 10.7. The Balaban J connectivity index is 2.33. The van der Waals surface area contributed by atoms with E-state index in [1.165, 1.54) is 12.3 Å². The topological polar surface area (TPSA) is 79.5 Å². The summed E-state index contributed by atoms with van der Waals surface area (Å²) in [5, 5.41) is 9.69. The van der Waals surface area contributed by atoms with Crippen molar-refractivity contribution in [1.82, 2.24) is 4.72 Å². The summed E-state index contributed by atoms with van der Waals surface area (Å²) in [7, 11) is -3.81. The third-order valence-electron chi connectivity index (χ3n) is 2.87. The highest BCUT2D eigenvalue weighted by molar-refractivity contribution is 7.89. The molecule has 0 aliphatic rings. The highest BCUT2D eigenvalue weighted by Gasteiger charge is 2.24. The monoisotopic (exact) mass is 315 g/mol. The van der Waals surface area contributed by atoms with Crippen molar-refractivity contribution in [3.05, 3.63) is 52.9 Å². The van der Waals surface area contributed by atoms with E-state index in [4.69, 9.17) is 16.0 Å². The molecule has 0 spiro atoms. The Labute approximate surface area is 122 Å². The molecule has 0 saturated heterocycles. The van der Waals surface area contributed by atoms with Crippen molar-refractivity contribution in [2.75, 3.05) is 6.61 Å². The number of nitrogens with one attached hydrogen (secondary N) is 1. The molecule has 0 aliphatic heterocycles. The van der Waals surface area contributed by atoms with Gasteiger partial charge in [-0.15, -0.1) is 0 Å². The number of hydrogen-bond acceptors (Lipinski definition) is 4. The van der Waals surface area contributed by atoms with Gasteiger partial charge in [-0.05, 0) is 36.8 Å². The Morgan fingerprint density at radius 2 is 2.10 bits per heavy atom. The van der Waals surface area contributed by atoms with E-state index in [1.54, 1.807) is 31.2 Å². The average Bonchev–Trinajstić information content (AvgIpc) is 2.93. The highest BCUT2D eigenvalue weighted by atomic mass is 35.5. The minimum absolute atomic E-state index is 0.0787. The minimum atomic E-state index is -3.81. The van der Waals surface area contributed by atoms with Crippen molar-refractivity contribution < 1.29 is 17.9 Å². The number of aliphatic hydroxyl groups is 1. The van der Waals surface area contributed by atoms with Crippen molar-refractivity contribution in [2.45, 2.75) is 17.9 Å². The maximum atomic E-state index is 12.3. The minimum Gasteiger partial charge on any atom is -0.468 e. The molecule has 0 aliphatic carbocycles. The van der Waals surface area contributed by atoms with Crippen molar-refractivity contribution in [3.63, 3.8) is 0 Å². The average molecular weight is 316 g/mol. The quantitative estimate of drug-likeness (QED) is 0.887. The Morgan fingerprint density at radius 3 is 2.70 bits per heavy atom. The molecule has 2 N–H and O–H groups in total. The normalized spacial score (nSPS) is 13.3. The maximum absolute atomic E-state index is 12.3. The number of benzene rings is 1. The molecule has 20 heavy (non-hydrogen) atoms. The van der Waals surface area contributed by atoms with Crippen LogP contribution >= 0.6 is 11.6 Å². The van der Waals surface area contributed by atoms with Crippen LogP contribution in [-0.4, -0.2) is 20.1 Å². The summed E-state index contributed by atoms with van der Waals surface area (Å²) >= 11 is 5.93. The first kappa shape index (κ1) is 15.1. The van der Waals surface area contributed by atoms with Crippen molar-refractivity contribution in [2.24, 2.45) is 0 Å². The van der Waals surface area contributed by atoms with Crippen molar-refractivity contribution in [3.8, 4) is 0 Å². The molecule has 2 rings (SSSR count). The van der Waals surface area contributed by atoms with Gasteiger partial charge in [0.15, 0.2) is 0 Å². The van der Waals surface area contributed by atoms with Gasteiger partial charge in [-0.25, -0.2) is 8.42 Å². The molecule has 0 amide bonds. The lowest BCUT2D eigenvalue weighted by Gasteiger charge is -2.15. The molecule has 1 unspecified atom stereocenters. The second-order valence-electron chi connectivity index (χ2n) is 4.23. The van der Waals surface area contributed by atoms with E-state index >= 15 is 0 Å². The number of hydrogen-bond donors (Lipinski definition) is 2. The second-order valence-corrected chi connectivity index (χ2v) is 6.32. The third-order valence-corrected chi connectivity index (χ3v) is 4.90. The number of rotatable bonds is 5. The molecule has 1 aromatic carbocycles. The first-order chi connectivity index (χ1) is 9.45. The summed E-state index contributed by atoms with van der Waals surface area (Å²) in [4.78, 5) is 0.0787. The van der Waals surface area contributed by atoms with Crippen LogP contribution in [0, 0.1) is 6.92 Å². The van der Waals surface area contributed by atoms with Crippen LogP contribution in [0.3, 0.4) is 0 Å². The summed E-state index contributed by atoms with van der Waals surface area (Å²) in [5.74, 6) is 0.343. The second kappa shape index (κ2) is 5.97. The predicted octanol–water partition coefficient (Wildman–Crippen LogP) is 2.25. The molecular weight excluding hydrogens is 302 g/mol. The van der Waals surface area contributed by atoms with Gasteiger partial charge in [0, 0.05) is 5.02 Å².